The lowest BCUT2D eigenvalue weighted by atomic mass is 10.0. The number of benzene rings is 1. The Morgan fingerprint density at radius 1 is 1.00 bits per heavy atom. The summed E-state index contributed by atoms with van der Waals surface area (Å²) in [6, 6.07) is 8.01. The van der Waals surface area contributed by atoms with Crippen molar-refractivity contribution in [1.29, 1.82) is 0 Å². The third-order valence-electron chi connectivity index (χ3n) is 3.03. The van der Waals surface area contributed by atoms with Crippen LogP contribution in [0.15, 0.2) is 24.3 Å². The third kappa shape index (κ3) is 2.32. The van der Waals surface area contributed by atoms with Crippen molar-refractivity contribution in [3.8, 4) is 0 Å². The Kier molecular flexibility index (Phi) is 3.16. The van der Waals surface area contributed by atoms with E-state index in [2.05, 4.69) is 6.92 Å². The highest BCUT2D eigenvalue weighted by molar-refractivity contribution is 7.14. The highest BCUT2D eigenvalue weighted by atomic mass is 32.1. The van der Waals surface area contributed by atoms with E-state index < -0.39 is 0 Å². The van der Waals surface area contributed by atoms with Crippen LogP contribution in [-0.4, -0.2) is 5.78 Å². The molecule has 2 heteroatoms. The Labute approximate surface area is 106 Å². The summed E-state index contributed by atoms with van der Waals surface area (Å²) in [7, 11) is 0. The molecule has 2 rings (SSSR count). The molecule has 0 bridgehead atoms. The van der Waals surface area contributed by atoms with E-state index in [-0.39, 0.29) is 5.78 Å². The highest BCUT2D eigenvalue weighted by Crippen LogP contribution is 2.24. The maximum atomic E-state index is 12.4. The molecule has 0 aliphatic heterocycles. The molecule has 2 aromatic rings. The topological polar surface area (TPSA) is 17.1 Å². The number of carbonyl (C=O) groups excluding carboxylic acids is 1. The van der Waals surface area contributed by atoms with Gasteiger partial charge in [-0.2, -0.15) is 0 Å². The second-order valence-corrected chi connectivity index (χ2v) is 5.75. The molecule has 0 saturated heterocycles. The molecule has 0 N–H and O–H groups in total. The van der Waals surface area contributed by atoms with Crippen LogP contribution in [0.3, 0.4) is 0 Å². The van der Waals surface area contributed by atoms with Gasteiger partial charge in [0.05, 0.1) is 4.88 Å². The van der Waals surface area contributed by atoms with Crippen LogP contribution in [0.1, 0.15) is 36.8 Å². The van der Waals surface area contributed by atoms with Gasteiger partial charge >= 0.3 is 0 Å². The van der Waals surface area contributed by atoms with E-state index in [1.807, 2.05) is 45.0 Å². The monoisotopic (exact) mass is 244 g/mol. The lowest BCUT2D eigenvalue weighted by Gasteiger charge is -2.04. The predicted octanol–water partition coefficient (Wildman–Crippen LogP) is 4.21. The molecule has 0 saturated carbocycles. The van der Waals surface area contributed by atoms with Crippen LogP contribution >= 0.6 is 11.3 Å². The van der Waals surface area contributed by atoms with Crippen molar-refractivity contribution in [2.45, 2.75) is 27.7 Å². The summed E-state index contributed by atoms with van der Waals surface area (Å²) in [6.45, 7) is 8.10. The number of hydrogen-bond acceptors (Lipinski definition) is 2. The maximum absolute atomic E-state index is 12.4. The van der Waals surface area contributed by atoms with Gasteiger partial charge in [-0.15, -0.1) is 11.3 Å². The van der Waals surface area contributed by atoms with Crippen molar-refractivity contribution < 1.29 is 4.79 Å². The van der Waals surface area contributed by atoms with Gasteiger partial charge < -0.3 is 0 Å². The second kappa shape index (κ2) is 4.46. The number of hydrogen-bond donors (Lipinski definition) is 0. The fraction of sp³-hybridized carbons (Fsp3) is 0.267. The zero-order valence-electron chi connectivity index (χ0n) is 10.6. The van der Waals surface area contributed by atoms with Crippen molar-refractivity contribution in [2.75, 3.05) is 0 Å². The van der Waals surface area contributed by atoms with Gasteiger partial charge in [0.1, 0.15) is 0 Å². The first-order valence-corrected chi connectivity index (χ1v) is 6.49. The minimum Gasteiger partial charge on any atom is -0.288 e. The first kappa shape index (κ1) is 12.1. The van der Waals surface area contributed by atoms with Crippen molar-refractivity contribution in [3.05, 3.63) is 56.3 Å². The van der Waals surface area contributed by atoms with Gasteiger partial charge in [-0.05, 0) is 51.0 Å². The Balaban J connectivity index is 2.47. The van der Waals surface area contributed by atoms with Crippen LogP contribution in [-0.2, 0) is 0 Å². The summed E-state index contributed by atoms with van der Waals surface area (Å²) in [5.41, 5.74) is 4.20. The van der Waals surface area contributed by atoms with E-state index in [4.69, 9.17) is 0 Å². The normalized spacial score (nSPS) is 10.6. The minimum atomic E-state index is 0.146. The van der Waals surface area contributed by atoms with Crippen molar-refractivity contribution >= 4 is 17.1 Å². The molecule has 88 valence electrons. The molecule has 0 fully saturated rings. The largest absolute Gasteiger partial charge is 0.288 e. The van der Waals surface area contributed by atoms with Crippen molar-refractivity contribution in [2.24, 2.45) is 0 Å². The predicted molar refractivity (Wildman–Crippen MR) is 73.1 cm³/mol. The first-order chi connectivity index (χ1) is 7.99. The molecule has 0 amide bonds. The summed E-state index contributed by atoms with van der Waals surface area (Å²) in [6.07, 6.45) is 0. The summed E-state index contributed by atoms with van der Waals surface area (Å²) in [5, 5.41) is 0. The lowest BCUT2D eigenvalue weighted by Crippen LogP contribution is -2.01. The van der Waals surface area contributed by atoms with Gasteiger partial charge in [0.15, 0.2) is 0 Å². The maximum Gasteiger partial charge on any atom is 0.203 e. The Morgan fingerprint density at radius 3 is 2.29 bits per heavy atom. The number of rotatable bonds is 2. The smallest absolute Gasteiger partial charge is 0.203 e. The van der Waals surface area contributed by atoms with Gasteiger partial charge in [0.2, 0.25) is 5.78 Å². The van der Waals surface area contributed by atoms with E-state index in [9.17, 15) is 4.79 Å². The van der Waals surface area contributed by atoms with Crippen LogP contribution in [0.2, 0.25) is 0 Å². The molecule has 0 radical (unpaired) electrons. The quantitative estimate of drug-likeness (QED) is 0.723. The van der Waals surface area contributed by atoms with Crippen LogP contribution in [0.5, 0.6) is 0 Å². The van der Waals surface area contributed by atoms with Gasteiger partial charge in [-0.1, -0.05) is 17.7 Å². The fourth-order valence-corrected chi connectivity index (χ4v) is 2.79. The Hall–Kier alpha value is -1.41. The van der Waals surface area contributed by atoms with Gasteiger partial charge in [0.25, 0.3) is 0 Å². The van der Waals surface area contributed by atoms with E-state index in [1.54, 1.807) is 11.3 Å². The molecule has 0 spiro atoms. The molecule has 1 nitrogen and oxygen atoms in total. The van der Waals surface area contributed by atoms with Crippen molar-refractivity contribution in [3.63, 3.8) is 0 Å². The molecule has 0 aliphatic carbocycles. The molecular weight excluding hydrogens is 228 g/mol. The molecule has 0 unspecified atom stereocenters. The van der Waals surface area contributed by atoms with Gasteiger partial charge in [-0.25, -0.2) is 0 Å². The molecular formula is C15H16OS. The summed E-state index contributed by atoms with van der Waals surface area (Å²) < 4.78 is 0. The number of aryl methyl sites for hydroxylation is 4. The van der Waals surface area contributed by atoms with Crippen LogP contribution in [0.25, 0.3) is 0 Å². The van der Waals surface area contributed by atoms with Crippen LogP contribution in [0.4, 0.5) is 0 Å². The molecule has 0 aliphatic rings. The van der Waals surface area contributed by atoms with Crippen LogP contribution < -0.4 is 0 Å². The Bertz CT molecular complexity index is 559. The van der Waals surface area contributed by atoms with Crippen LogP contribution in [0, 0.1) is 27.7 Å². The third-order valence-corrected chi connectivity index (χ3v) is 4.18. The first-order valence-electron chi connectivity index (χ1n) is 5.68. The SMILES string of the molecule is Cc1ccc(C)c(C(=O)c2cc(C)c(C)s2)c1. The average molecular weight is 244 g/mol. The van der Waals surface area contributed by atoms with E-state index in [1.165, 1.54) is 10.4 Å². The van der Waals surface area contributed by atoms with Crippen molar-refractivity contribution in [1.82, 2.24) is 0 Å². The summed E-state index contributed by atoms with van der Waals surface area (Å²) >= 11 is 1.58. The van der Waals surface area contributed by atoms with Gasteiger partial charge in [-0.3, -0.25) is 4.79 Å². The fourth-order valence-electron chi connectivity index (χ4n) is 1.80. The number of thiophene rings is 1. The average Bonchev–Trinajstić information content (AvgIpc) is 2.62. The molecule has 0 atom stereocenters. The minimum absolute atomic E-state index is 0.146. The highest BCUT2D eigenvalue weighted by Gasteiger charge is 2.14. The molecule has 17 heavy (non-hydrogen) atoms. The number of carbonyl (C=O) groups is 1. The van der Waals surface area contributed by atoms with E-state index in [0.717, 1.165) is 21.6 Å². The summed E-state index contributed by atoms with van der Waals surface area (Å²) in [5.74, 6) is 0.146. The van der Waals surface area contributed by atoms with E-state index in [0.29, 0.717) is 0 Å². The lowest BCUT2D eigenvalue weighted by molar-refractivity contribution is 0.104. The Morgan fingerprint density at radius 2 is 1.71 bits per heavy atom. The van der Waals surface area contributed by atoms with E-state index >= 15 is 0 Å². The van der Waals surface area contributed by atoms with Gasteiger partial charge in [0, 0.05) is 10.4 Å². The second-order valence-electron chi connectivity index (χ2n) is 4.50. The molecule has 1 aromatic heterocycles. The molecule has 1 aromatic carbocycles. The zero-order valence-corrected chi connectivity index (χ0v) is 11.4. The summed E-state index contributed by atoms with van der Waals surface area (Å²) in [4.78, 5) is 14.5. The number of ketones is 1. The molecule has 1 heterocycles. The standard InChI is InChI=1S/C15H16OS/c1-9-5-6-10(2)13(7-9)15(16)14-8-11(3)12(4)17-14/h5-8H,1-4H3. The zero-order chi connectivity index (χ0) is 12.6.